The number of aliphatic hydroxyl groups excluding tert-OH is 1. The summed E-state index contributed by atoms with van der Waals surface area (Å²) < 4.78 is 31.8. The van der Waals surface area contributed by atoms with Crippen molar-refractivity contribution >= 4 is 10.0 Å². The predicted molar refractivity (Wildman–Crippen MR) is 83.8 cm³/mol. The third kappa shape index (κ3) is 4.55. The van der Waals surface area contributed by atoms with E-state index in [1.54, 1.807) is 24.3 Å². The zero-order chi connectivity index (χ0) is 16.2. The van der Waals surface area contributed by atoms with Gasteiger partial charge in [-0.2, -0.15) is 4.31 Å². The Morgan fingerprint density at radius 2 is 2.05 bits per heavy atom. The molecule has 1 N–H and O–H groups in total. The summed E-state index contributed by atoms with van der Waals surface area (Å²) in [5.41, 5.74) is 1.00. The van der Waals surface area contributed by atoms with E-state index < -0.39 is 16.1 Å². The van der Waals surface area contributed by atoms with Crippen molar-refractivity contribution in [2.75, 3.05) is 19.7 Å². The molecule has 0 radical (unpaired) electrons. The molecule has 2 atom stereocenters. The second-order valence-corrected chi connectivity index (χ2v) is 7.25. The van der Waals surface area contributed by atoms with Gasteiger partial charge in [0.2, 0.25) is 10.0 Å². The molecule has 0 amide bonds. The van der Waals surface area contributed by atoms with Gasteiger partial charge in [-0.15, -0.1) is 0 Å². The molecule has 120 valence electrons. The molecule has 1 aliphatic rings. The van der Waals surface area contributed by atoms with Crippen molar-refractivity contribution in [1.29, 1.82) is 0 Å². The lowest BCUT2D eigenvalue weighted by molar-refractivity contribution is 0.228. The van der Waals surface area contributed by atoms with E-state index in [2.05, 4.69) is 11.8 Å². The second kappa shape index (κ2) is 7.25. The molecule has 0 bridgehead atoms. The average Bonchev–Trinajstić information content (AvgIpc) is 3.30. The van der Waals surface area contributed by atoms with Crippen molar-refractivity contribution in [2.24, 2.45) is 0 Å². The van der Waals surface area contributed by atoms with E-state index >= 15 is 0 Å². The molecule has 0 spiro atoms. The Labute approximate surface area is 132 Å². The molecule has 5 nitrogen and oxygen atoms in total. The van der Waals surface area contributed by atoms with Gasteiger partial charge in [-0.05, 0) is 25.5 Å². The fourth-order valence-corrected chi connectivity index (χ4v) is 3.24. The molecule has 2 unspecified atom stereocenters. The van der Waals surface area contributed by atoms with E-state index in [4.69, 9.17) is 4.74 Å². The Bertz CT molecular complexity index is 654. The van der Waals surface area contributed by atoms with Crippen molar-refractivity contribution < 1.29 is 18.3 Å². The van der Waals surface area contributed by atoms with Crippen molar-refractivity contribution in [1.82, 2.24) is 4.31 Å². The zero-order valence-corrected chi connectivity index (χ0v) is 13.6. The van der Waals surface area contributed by atoms with Crippen LogP contribution in [0.1, 0.15) is 18.9 Å². The van der Waals surface area contributed by atoms with Gasteiger partial charge in [0.25, 0.3) is 0 Å². The molecule has 1 fully saturated rings. The molecule has 2 rings (SSSR count). The highest BCUT2D eigenvalue weighted by atomic mass is 32.2. The van der Waals surface area contributed by atoms with Gasteiger partial charge >= 0.3 is 0 Å². The van der Waals surface area contributed by atoms with Gasteiger partial charge in [0, 0.05) is 6.54 Å². The summed E-state index contributed by atoms with van der Waals surface area (Å²) in [4.78, 5) is 0.247. The van der Waals surface area contributed by atoms with Crippen molar-refractivity contribution in [2.45, 2.75) is 37.4 Å². The summed E-state index contributed by atoms with van der Waals surface area (Å²) in [6.45, 7) is 4.63. The highest BCUT2D eigenvalue weighted by Crippen LogP contribution is 2.19. The summed E-state index contributed by atoms with van der Waals surface area (Å²) in [5, 5.41) is 9.45. The van der Waals surface area contributed by atoms with Crippen molar-refractivity contribution in [3.63, 3.8) is 0 Å². The van der Waals surface area contributed by atoms with Crippen LogP contribution in [0.3, 0.4) is 0 Å². The molecule has 1 aromatic carbocycles. The molecule has 22 heavy (non-hydrogen) atoms. The van der Waals surface area contributed by atoms with Gasteiger partial charge in [0.1, 0.15) is 6.10 Å². The number of hydrogen-bond donors (Lipinski definition) is 1. The summed E-state index contributed by atoms with van der Waals surface area (Å²) in [7, 11) is -3.61. The number of nitrogens with zero attached hydrogens (tertiary/aromatic N) is 1. The van der Waals surface area contributed by atoms with Crippen molar-refractivity contribution in [3.8, 4) is 11.8 Å². The molecular weight excluding hydrogens is 302 g/mol. The number of benzene rings is 1. The quantitative estimate of drug-likeness (QED) is 0.630. The van der Waals surface area contributed by atoms with Gasteiger partial charge in [0.15, 0.2) is 0 Å². The fourth-order valence-electron chi connectivity index (χ4n) is 1.86. The molecule has 0 saturated carbocycles. The standard InChI is InChI=1S/C16H21NO4S/c1-3-14(18)5-4-10-17(11-15-12-21-15)22(19,20)16-8-6-13(2)7-9-16/h6-9,14-15,18H,3,10-12H2,1-2H3. The SMILES string of the molecule is CCC(O)C#CCN(CC1CO1)S(=O)(=O)c1ccc(C)cc1. The van der Waals surface area contributed by atoms with Gasteiger partial charge in [-0.1, -0.05) is 36.5 Å². The minimum Gasteiger partial charge on any atom is -0.380 e. The molecule has 1 aromatic rings. The highest BCUT2D eigenvalue weighted by Gasteiger charge is 2.32. The molecule has 0 aliphatic carbocycles. The Morgan fingerprint density at radius 1 is 1.41 bits per heavy atom. The van der Waals surface area contributed by atoms with E-state index in [1.165, 1.54) is 4.31 Å². The summed E-state index contributed by atoms with van der Waals surface area (Å²) in [6, 6.07) is 6.73. The Morgan fingerprint density at radius 3 is 2.59 bits per heavy atom. The maximum absolute atomic E-state index is 12.7. The van der Waals surface area contributed by atoms with Gasteiger partial charge in [-0.25, -0.2) is 8.42 Å². The largest absolute Gasteiger partial charge is 0.380 e. The number of rotatable bonds is 6. The van der Waals surface area contributed by atoms with Crippen LogP contribution in [0.15, 0.2) is 29.2 Å². The lowest BCUT2D eigenvalue weighted by Gasteiger charge is -2.19. The van der Waals surface area contributed by atoms with Gasteiger partial charge in [0.05, 0.1) is 24.2 Å². The second-order valence-electron chi connectivity index (χ2n) is 5.31. The molecule has 1 aliphatic heterocycles. The first-order valence-electron chi connectivity index (χ1n) is 7.28. The van der Waals surface area contributed by atoms with Crippen LogP contribution in [0.25, 0.3) is 0 Å². The monoisotopic (exact) mass is 323 g/mol. The van der Waals surface area contributed by atoms with E-state index in [0.29, 0.717) is 13.0 Å². The maximum Gasteiger partial charge on any atom is 0.244 e. The number of epoxide rings is 1. The van der Waals surface area contributed by atoms with Gasteiger partial charge in [-0.3, -0.25) is 0 Å². The van der Waals surface area contributed by atoms with Crippen molar-refractivity contribution in [3.05, 3.63) is 29.8 Å². The maximum atomic E-state index is 12.7. The van der Waals surface area contributed by atoms with Crippen LogP contribution in [-0.4, -0.2) is 49.7 Å². The van der Waals surface area contributed by atoms with E-state index in [-0.39, 0.29) is 24.1 Å². The first kappa shape index (κ1) is 17.0. The number of ether oxygens (including phenoxy) is 1. The molecule has 1 saturated heterocycles. The summed E-state index contributed by atoms with van der Waals surface area (Å²) in [6.07, 6.45) is -0.261. The topological polar surface area (TPSA) is 70.1 Å². The molecule has 1 heterocycles. The number of sulfonamides is 1. The first-order chi connectivity index (χ1) is 10.4. The van der Waals surface area contributed by atoms with E-state index in [1.807, 2.05) is 13.8 Å². The van der Waals surface area contributed by atoms with E-state index in [9.17, 15) is 13.5 Å². The molecule has 6 heteroatoms. The molecular formula is C16H21NO4S. The van der Waals surface area contributed by atoms with Gasteiger partial charge < -0.3 is 9.84 Å². The Hall–Kier alpha value is -1.39. The number of hydrogen-bond acceptors (Lipinski definition) is 4. The van der Waals surface area contributed by atoms with Crippen LogP contribution in [0.2, 0.25) is 0 Å². The number of aryl methyl sites for hydroxylation is 1. The third-order valence-corrected chi connectivity index (χ3v) is 5.21. The Kier molecular flexibility index (Phi) is 5.59. The lowest BCUT2D eigenvalue weighted by Crippen LogP contribution is -2.34. The van der Waals surface area contributed by atoms with Crippen LogP contribution in [0.5, 0.6) is 0 Å². The summed E-state index contributed by atoms with van der Waals surface area (Å²) in [5.74, 6) is 5.40. The smallest absolute Gasteiger partial charge is 0.244 e. The summed E-state index contributed by atoms with van der Waals surface area (Å²) >= 11 is 0. The zero-order valence-electron chi connectivity index (χ0n) is 12.8. The average molecular weight is 323 g/mol. The molecule has 0 aromatic heterocycles. The van der Waals surface area contributed by atoms with E-state index in [0.717, 1.165) is 5.56 Å². The lowest BCUT2D eigenvalue weighted by atomic mass is 10.2. The predicted octanol–water partition coefficient (Wildman–Crippen LogP) is 1.16. The van der Waals surface area contributed by atoms with Crippen LogP contribution in [0.4, 0.5) is 0 Å². The van der Waals surface area contributed by atoms with Crippen LogP contribution < -0.4 is 0 Å². The highest BCUT2D eigenvalue weighted by molar-refractivity contribution is 7.89. The first-order valence-corrected chi connectivity index (χ1v) is 8.72. The Balaban J connectivity index is 2.18. The van der Waals surface area contributed by atoms with Crippen LogP contribution in [-0.2, 0) is 14.8 Å². The minimum atomic E-state index is -3.61. The minimum absolute atomic E-state index is 0.0487. The number of aliphatic hydroxyl groups is 1. The fraction of sp³-hybridized carbons (Fsp3) is 0.500. The van der Waals surface area contributed by atoms with Crippen LogP contribution >= 0.6 is 0 Å². The third-order valence-electron chi connectivity index (χ3n) is 3.38. The van der Waals surface area contributed by atoms with Crippen LogP contribution in [0, 0.1) is 18.8 Å². The normalized spacial score (nSPS) is 18.6.